The van der Waals surface area contributed by atoms with E-state index in [1.165, 1.54) is 28.4 Å². The second-order valence-corrected chi connectivity index (χ2v) is 6.80. The highest BCUT2D eigenvalue weighted by Gasteiger charge is 2.33. The summed E-state index contributed by atoms with van der Waals surface area (Å²) in [7, 11) is 0. The van der Waals surface area contributed by atoms with Gasteiger partial charge in [0.1, 0.15) is 12.4 Å². The minimum atomic E-state index is -0.995. The zero-order chi connectivity index (χ0) is 17.1. The first-order valence-corrected chi connectivity index (χ1v) is 8.58. The van der Waals surface area contributed by atoms with E-state index in [4.69, 9.17) is 5.11 Å². The third-order valence-corrected chi connectivity index (χ3v) is 4.71. The second kappa shape index (κ2) is 7.09. The number of thiazole rings is 1. The number of carbonyl (C=O) groups is 2. The van der Waals surface area contributed by atoms with E-state index in [2.05, 4.69) is 4.98 Å². The molecule has 1 fully saturated rings. The van der Waals surface area contributed by atoms with Crippen LogP contribution in [0, 0.1) is 5.82 Å². The molecule has 24 heavy (non-hydrogen) atoms. The van der Waals surface area contributed by atoms with Gasteiger partial charge < -0.3 is 10.0 Å². The molecule has 0 unspecified atom stereocenters. The number of nitrogens with zero attached hydrogens (tertiary/aromatic N) is 2. The minimum Gasteiger partial charge on any atom is -0.480 e. The molecule has 0 saturated heterocycles. The smallest absolute Gasteiger partial charge is 0.323 e. The lowest BCUT2D eigenvalue weighted by Gasteiger charge is -2.19. The summed E-state index contributed by atoms with van der Waals surface area (Å²) < 4.78 is 12.9. The fourth-order valence-electron chi connectivity index (χ4n) is 2.50. The predicted octanol–water partition coefficient (Wildman–Crippen LogP) is 2.49. The van der Waals surface area contributed by atoms with Crippen LogP contribution >= 0.6 is 11.3 Å². The topological polar surface area (TPSA) is 70.5 Å². The number of hydrogen-bond donors (Lipinski definition) is 1. The maximum atomic E-state index is 12.9. The first-order chi connectivity index (χ1) is 11.5. The fourth-order valence-corrected chi connectivity index (χ4v) is 3.33. The molecule has 0 bridgehead atoms. The summed E-state index contributed by atoms with van der Waals surface area (Å²) in [6, 6.07) is 6.30. The summed E-state index contributed by atoms with van der Waals surface area (Å²) in [5.74, 6) is -1.47. The molecule has 1 aromatic heterocycles. The molecule has 0 radical (unpaired) electrons. The summed E-state index contributed by atoms with van der Waals surface area (Å²) in [6.45, 7) is -0.254. The van der Waals surface area contributed by atoms with Crippen molar-refractivity contribution in [2.75, 3.05) is 6.54 Å². The van der Waals surface area contributed by atoms with Crippen LogP contribution in [0.3, 0.4) is 0 Å². The number of carbonyl (C=O) groups excluding carboxylic acids is 1. The van der Waals surface area contributed by atoms with Crippen LogP contribution in [-0.4, -0.2) is 39.5 Å². The van der Waals surface area contributed by atoms with Crippen LogP contribution < -0.4 is 0 Å². The van der Waals surface area contributed by atoms with E-state index in [1.54, 1.807) is 12.1 Å². The Kier molecular flexibility index (Phi) is 4.89. The Balaban J connectivity index is 1.61. The summed E-state index contributed by atoms with van der Waals surface area (Å²) in [5, 5.41) is 11.6. The van der Waals surface area contributed by atoms with Crippen molar-refractivity contribution < 1.29 is 19.1 Å². The van der Waals surface area contributed by atoms with Gasteiger partial charge in [0, 0.05) is 17.8 Å². The normalized spacial score (nSPS) is 13.7. The van der Waals surface area contributed by atoms with Crippen molar-refractivity contribution in [3.8, 4) is 0 Å². The van der Waals surface area contributed by atoms with Gasteiger partial charge in [0.15, 0.2) is 0 Å². The van der Waals surface area contributed by atoms with E-state index < -0.39 is 5.97 Å². The van der Waals surface area contributed by atoms with Gasteiger partial charge >= 0.3 is 5.97 Å². The Hall–Kier alpha value is -2.28. The van der Waals surface area contributed by atoms with E-state index in [0.29, 0.717) is 12.1 Å². The molecule has 7 heteroatoms. The Morgan fingerprint density at radius 2 is 2.00 bits per heavy atom. The van der Waals surface area contributed by atoms with Crippen molar-refractivity contribution in [2.45, 2.75) is 31.7 Å². The van der Waals surface area contributed by atoms with Crippen molar-refractivity contribution >= 4 is 23.2 Å². The number of carboxylic acids is 1. The molecule has 2 aromatic rings. The number of aliphatic carboxylic acids is 1. The SMILES string of the molecule is O=C(O)CN(C(=O)Cc1csc(Cc2ccc(F)cc2)n1)C1CC1. The number of hydrogen-bond acceptors (Lipinski definition) is 4. The molecule has 1 aliphatic rings. The van der Waals surface area contributed by atoms with Crippen LogP contribution in [-0.2, 0) is 22.4 Å². The quantitative estimate of drug-likeness (QED) is 0.835. The molecular formula is C17H17FN2O3S. The summed E-state index contributed by atoms with van der Waals surface area (Å²) in [4.78, 5) is 29.1. The number of aromatic nitrogens is 1. The van der Waals surface area contributed by atoms with Gasteiger partial charge in [-0.3, -0.25) is 9.59 Å². The molecule has 5 nitrogen and oxygen atoms in total. The molecule has 0 aliphatic heterocycles. The van der Waals surface area contributed by atoms with Crippen molar-refractivity contribution in [3.63, 3.8) is 0 Å². The molecule has 0 spiro atoms. The van der Waals surface area contributed by atoms with Crippen molar-refractivity contribution in [1.29, 1.82) is 0 Å². The summed E-state index contributed by atoms with van der Waals surface area (Å²) >= 11 is 1.45. The van der Waals surface area contributed by atoms with Crippen LogP contribution in [0.5, 0.6) is 0 Å². The highest BCUT2D eigenvalue weighted by Crippen LogP contribution is 2.27. The first-order valence-electron chi connectivity index (χ1n) is 7.70. The van der Waals surface area contributed by atoms with Crippen LogP contribution in [0.25, 0.3) is 0 Å². The van der Waals surface area contributed by atoms with Crippen molar-refractivity contribution in [2.24, 2.45) is 0 Å². The predicted molar refractivity (Wildman–Crippen MR) is 87.4 cm³/mol. The molecule has 1 aliphatic carbocycles. The zero-order valence-electron chi connectivity index (χ0n) is 12.9. The van der Waals surface area contributed by atoms with Gasteiger partial charge in [-0.1, -0.05) is 12.1 Å². The van der Waals surface area contributed by atoms with Gasteiger partial charge in [0.25, 0.3) is 0 Å². The van der Waals surface area contributed by atoms with E-state index in [9.17, 15) is 14.0 Å². The van der Waals surface area contributed by atoms with Gasteiger partial charge in [0.05, 0.1) is 17.1 Å². The van der Waals surface area contributed by atoms with Gasteiger partial charge in [-0.2, -0.15) is 0 Å². The molecule has 3 rings (SSSR count). The highest BCUT2D eigenvalue weighted by atomic mass is 32.1. The fraction of sp³-hybridized carbons (Fsp3) is 0.353. The number of benzene rings is 1. The average Bonchev–Trinajstić information content (AvgIpc) is 3.28. The Morgan fingerprint density at radius 3 is 2.62 bits per heavy atom. The van der Waals surface area contributed by atoms with E-state index in [-0.39, 0.29) is 30.7 Å². The lowest BCUT2D eigenvalue weighted by molar-refractivity contribution is -0.144. The largest absolute Gasteiger partial charge is 0.480 e. The number of halogens is 1. The molecule has 1 amide bonds. The molecule has 0 atom stereocenters. The second-order valence-electron chi connectivity index (χ2n) is 5.86. The van der Waals surface area contributed by atoms with Crippen LogP contribution in [0.2, 0.25) is 0 Å². The van der Waals surface area contributed by atoms with Crippen molar-refractivity contribution in [1.82, 2.24) is 9.88 Å². The third kappa shape index (κ3) is 4.38. The van der Waals surface area contributed by atoms with Gasteiger partial charge in [-0.15, -0.1) is 11.3 Å². The Bertz CT molecular complexity index is 741. The van der Waals surface area contributed by atoms with E-state index in [1.807, 2.05) is 5.38 Å². The molecule has 1 aromatic carbocycles. The first kappa shape index (κ1) is 16.6. The molecule has 1 saturated carbocycles. The van der Waals surface area contributed by atoms with Crippen molar-refractivity contribution in [3.05, 3.63) is 51.7 Å². The maximum absolute atomic E-state index is 12.9. The van der Waals surface area contributed by atoms with Gasteiger partial charge in [-0.05, 0) is 30.5 Å². The minimum absolute atomic E-state index is 0.0610. The Labute approximate surface area is 142 Å². The highest BCUT2D eigenvalue weighted by molar-refractivity contribution is 7.09. The van der Waals surface area contributed by atoms with E-state index in [0.717, 1.165) is 23.4 Å². The lowest BCUT2D eigenvalue weighted by atomic mass is 10.1. The molecule has 1 N–H and O–H groups in total. The van der Waals surface area contributed by atoms with Crippen LogP contribution in [0.15, 0.2) is 29.6 Å². The number of amides is 1. The lowest BCUT2D eigenvalue weighted by Crippen LogP contribution is -2.38. The maximum Gasteiger partial charge on any atom is 0.323 e. The molecule has 1 heterocycles. The number of carboxylic acid groups (broad SMARTS) is 1. The van der Waals surface area contributed by atoms with Crippen LogP contribution in [0.1, 0.15) is 29.1 Å². The average molecular weight is 348 g/mol. The van der Waals surface area contributed by atoms with Gasteiger partial charge in [0.2, 0.25) is 5.91 Å². The number of rotatable bonds is 7. The molecule has 126 valence electrons. The third-order valence-electron chi connectivity index (χ3n) is 3.81. The van der Waals surface area contributed by atoms with Crippen LogP contribution in [0.4, 0.5) is 4.39 Å². The molecular weight excluding hydrogens is 331 g/mol. The standard InChI is InChI=1S/C17H17FN2O3S/c18-12-3-1-11(2-4-12)7-15-19-13(10-24-15)8-16(21)20(9-17(22)23)14-5-6-14/h1-4,10,14H,5-9H2,(H,22,23). The summed E-state index contributed by atoms with van der Waals surface area (Å²) in [5.41, 5.74) is 1.60. The monoisotopic (exact) mass is 348 g/mol. The van der Waals surface area contributed by atoms with Gasteiger partial charge in [-0.25, -0.2) is 9.37 Å². The summed E-state index contributed by atoms with van der Waals surface area (Å²) in [6.07, 6.45) is 2.43. The van der Waals surface area contributed by atoms with E-state index >= 15 is 0 Å². The Morgan fingerprint density at radius 1 is 1.29 bits per heavy atom. The zero-order valence-corrected chi connectivity index (χ0v) is 13.8.